The molecule has 226 valence electrons. The fourth-order valence-corrected chi connectivity index (χ4v) is 4.78. The van der Waals surface area contributed by atoms with Crippen molar-refractivity contribution in [1.29, 1.82) is 0 Å². The normalized spacial score (nSPS) is 11.5. The van der Waals surface area contributed by atoms with Crippen LogP contribution in [0.4, 0.5) is 24.8 Å². The zero-order chi connectivity index (χ0) is 30.8. The van der Waals surface area contributed by atoms with E-state index in [0.29, 0.717) is 39.8 Å². The summed E-state index contributed by atoms with van der Waals surface area (Å²) in [6.45, 7) is -1.42. The fraction of sp³-hybridized carbons (Fsp3) is 0.125. The van der Waals surface area contributed by atoms with Crippen molar-refractivity contribution in [2.45, 2.75) is 6.18 Å². The molecule has 0 bridgehead atoms. The fourth-order valence-electron chi connectivity index (χ4n) is 4.78. The number of alkyl halides is 3. The van der Waals surface area contributed by atoms with Crippen molar-refractivity contribution < 1.29 is 30.3 Å². The number of benzene rings is 3. The van der Waals surface area contributed by atoms with Gasteiger partial charge >= 0.3 is 6.18 Å². The first-order valence-corrected chi connectivity index (χ1v) is 13.4. The summed E-state index contributed by atoms with van der Waals surface area (Å²) in [5, 5.41) is 7.47. The Morgan fingerprint density at radius 2 is 1.80 bits per heavy atom. The van der Waals surface area contributed by atoms with Crippen LogP contribution in [0.2, 0.25) is 0 Å². The van der Waals surface area contributed by atoms with Crippen molar-refractivity contribution in [2.75, 3.05) is 19.0 Å². The molecule has 0 atom stereocenters. The molecule has 6 aromatic rings. The molecule has 12 heteroatoms. The maximum Gasteiger partial charge on any atom is 0.422 e. The Labute approximate surface area is 252 Å². The summed E-state index contributed by atoms with van der Waals surface area (Å²) in [4.78, 5) is 25.0. The number of ether oxygens (including phenoxy) is 2. The molecule has 6 rings (SSSR count). The van der Waals surface area contributed by atoms with E-state index in [1.54, 1.807) is 48.8 Å². The Balaban J connectivity index is 0.00000240. The van der Waals surface area contributed by atoms with Crippen LogP contribution in [0.25, 0.3) is 32.9 Å². The van der Waals surface area contributed by atoms with Gasteiger partial charge in [-0.25, -0.2) is 4.98 Å². The van der Waals surface area contributed by atoms with Gasteiger partial charge in [0, 0.05) is 69.9 Å². The van der Waals surface area contributed by atoms with Gasteiger partial charge in [0.1, 0.15) is 22.9 Å². The highest BCUT2D eigenvalue weighted by Crippen LogP contribution is 2.38. The first kappa shape index (κ1) is 28.5. The number of carbonyl (C=O) groups excluding carboxylic acids is 1. The predicted molar refractivity (Wildman–Crippen MR) is 165 cm³/mol. The molecule has 3 aromatic heterocycles. The van der Waals surface area contributed by atoms with Crippen LogP contribution in [0.1, 0.15) is 13.3 Å². The minimum absolute atomic E-state index is 0. The lowest BCUT2D eigenvalue weighted by molar-refractivity contribution is -0.153. The number of hydrogen-bond donors (Lipinski definition) is 2. The van der Waals surface area contributed by atoms with Crippen molar-refractivity contribution in [3.05, 3.63) is 97.1 Å². The molecule has 0 unspecified atom stereocenters. The molecule has 9 nitrogen and oxygen atoms in total. The van der Waals surface area contributed by atoms with Gasteiger partial charge in [0.25, 0.3) is 5.91 Å². The smallest absolute Gasteiger partial charge is 0.422 e. The highest BCUT2D eigenvalue weighted by Gasteiger charge is 2.29. The number of aryl methyl sites for hydroxylation is 1. The third kappa shape index (κ3) is 5.95. The highest BCUT2D eigenvalue weighted by molar-refractivity contribution is 5.98. The summed E-state index contributed by atoms with van der Waals surface area (Å²) < 4.78 is 52.2. The molecule has 0 aliphatic carbocycles. The van der Waals surface area contributed by atoms with Gasteiger partial charge in [0.2, 0.25) is 5.95 Å². The molecule has 0 radical (unpaired) electrons. The van der Waals surface area contributed by atoms with Gasteiger partial charge in [0.05, 0.1) is 11.0 Å². The van der Waals surface area contributed by atoms with Gasteiger partial charge in [-0.05, 0) is 41.8 Å². The molecular formula is C32H29F3N6O3. The predicted octanol–water partition coefficient (Wildman–Crippen LogP) is 7.51. The summed E-state index contributed by atoms with van der Waals surface area (Å²) in [6, 6.07) is 20.9. The van der Waals surface area contributed by atoms with E-state index >= 15 is 0 Å². The van der Waals surface area contributed by atoms with Gasteiger partial charge in [-0.1, -0.05) is 24.3 Å². The molecule has 0 fully saturated rings. The lowest BCUT2D eigenvalue weighted by Crippen LogP contribution is -2.19. The van der Waals surface area contributed by atoms with Gasteiger partial charge in [-0.2, -0.15) is 13.2 Å². The van der Waals surface area contributed by atoms with E-state index in [1.165, 1.54) is 19.3 Å². The summed E-state index contributed by atoms with van der Waals surface area (Å²) in [5.41, 5.74) is 3.34. The maximum atomic E-state index is 13.1. The Kier molecular flexibility index (Phi) is 7.48. The molecule has 44 heavy (non-hydrogen) atoms. The third-order valence-corrected chi connectivity index (χ3v) is 6.86. The number of nitrogens with one attached hydrogen (secondary N) is 2. The van der Waals surface area contributed by atoms with Crippen LogP contribution in [-0.4, -0.2) is 45.3 Å². The summed E-state index contributed by atoms with van der Waals surface area (Å²) >= 11 is 0. The second-order valence-corrected chi connectivity index (χ2v) is 9.85. The molecule has 0 saturated carbocycles. The standard InChI is InChI=1S/C32H25F3N6O3.2H2/c1-36-30(42)27-15-22(11-12-38-27)44-21-8-9-28-26(14-21)40-31(41(28)2)39-20-7-10-29(43-18-32(33,34)35)24(13-20)25-17-37-16-19-5-3-4-6-23(19)25;;/h3-17H,18H2,1-2H3,(H,36,42)(H,39,40);2*1H. The number of halogens is 3. The molecule has 0 aliphatic heterocycles. The second-order valence-electron chi connectivity index (χ2n) is 9.85. The van der Waals surface area contributed by atoms with Gasteiger partial charge in [0.15, 0.2) is 6.61 Å². The summed E-state index contributed by atoms with van der Waals surface area (Å²) in [7, 11) is 3.36. The molecule has 0 saturated heterocycles. The van der Waals surface area contributed by atoms with Crippen molar-refractivity contribution in [2.24, 2.45) is 7.05 Å². The molecular weight excluding hydrogens is 573 g/mol. The lowest BCUT2D eigenvalue weighted by atomic mass is 9.99. The molecule has 2 N–H and O–H groups in total. The zero-order valence-electron chi connectivity index (χ0n) is 23.5. The average molecular weight is 603 g/mol. The van der Waals surface area contributed by atoms with E-state index in [-0.39, 0.29) is 20.2 Å². The van der Waals surface area contributed by atoms with Crippen LogP contribution < -0.4 is 20.1 Å². The largest absolute Gasteiger partial charge is 0.483 e. The second kappa shape index (κ2) is 11.6. The topological polar surface area (TPSA) is 103 Å². The Hall–Kier alpha value is -5.65. The maximum absolute atomic E-state index is 13.1. The minimum Gasteiger partial charge on any atom is -0.483 e. The molecule has 0 aliphatic rings. The number of anilines is 2. The van der Waals surface area contributed by atoms with Gasteiger partial charge < -0.3 is 24.7 Å². The van der Waals surface area contributed by atoms with Crippen LogP contribution in [0, 0.1) is 0 Å². The van der Waals surface area contributed by atoms with Crippen LogP contribution >= 0.6 is 0 Å². The van der Waals surface area contributed by atoms with E-state index in [9.17, 15) is 18.0 Å². The summed E-state index contributed by atoms with van der Waals surface area (Å²) in [6.07, 6.45) is 0.303. The SMILES string of the molecule is CNC(=O)c1cc(Oc2ccc3c(c2)nc(Nc2ccc(OCC(F)(F)F)c(-c4cncc5ccccc45)c2)n3C)ccn1.[HH].[HH]. The highest BCUT2D eigenvalue weighted by atomic mass is 19.4. The van der Waals surface area contributed by atoms with E-state index < -0.39 is 12.8 Å². The molecule has 0 spiro atoms. The Morgan fingerprint density at radius 1 is 0.977 bits per heavy atom. The number of aromatic nitrogens is 4. The molecule has 3 heterocycles. The lowest BCUT2D eigenvalue weighted by Gasteiger charge is -2.16. The minimum atomic E-state index is -4.50. The van der Waals surface area contributed by atoms with Crippen molar-refractivity contribution >= 4 is 39.3 Å². The Morgan fingerprint density at radius 3 is 2.61 bits per heavy atom. The first-order valence-electron chi connectivity index (χ1n) is 13.4. The van der Waals surface area contributed by atoms with Crippen LogP contribution in [0.3, 0.4) is 0 Å². The molecule has 3 aromatic carbocycles. The van der Waals surface area contributed by atoms with Crippen molar-refractivity contribution in [1.82, 2.24) is 24.8 Å². The monoisotopic (exact) mass is 602 g/mol. The number of amides is 1. The van der Waals surface area contributed by atoms with Crippen LogP contribution in [0.15, 0.2) is 91.4 Å². The van der Waals surface area contributed by atoms with E-state index in [0.717, 1.165) is 16.3 Å². The van der Waals surface area contributed by atoms with E-state index in [4.69, 9.17) is 14.5 Å². The third-order valence-electron chi connectivity index (χ3n) is 6.86. The van der Waals surface area contributed by atoms with Crippen LogP contribution in [-0.2, 0) is 7.05 Å². The average Bonchev–Trinajstić information content (AvgIpc) is 3.33. The summed E-state index contributed by atoms with van der Waals surface area (Å²) in [5.74, 6) is 1.19. The number of fused-ring (bicyclic) bond motifs is 2. The van der Waals surface area contributed by atoms with E-state index in [2.05, 4.69) is 20.6 Å². The Bertz CT molecular complexity index is 2010. The number of nitrogens with zero attached hydrogens (tertiary/aromatic N) is 4. The molecule has 1 amide bonds. The zero-order valence-corrected chi connectivity index (χ0v) is 23.5. The van der Waals surface area contributed by atoms with E-state index in [1.807, 2.05) is 41.9 Å². The number of carbonyl (C=O) groups is 1. The van der Waals surface area contributed by atoms with Gasteiger partial charge in [-0.3, -0.25) is 14.8 Å². The van der Waals surface area contributed by atoms with Crippen molar-refractivity contribution in [3.63, 3.8) is 0 Å². The first-order chi connectivity index (χ1) is 21.2. The van der Waals surface area contributed by atoms with Crippen molar-refractivity contribution in [3.8, 4) is 28.4 Å². The number of rotatable bonds is 8. The number of hydrogen-bond acceptors (Lipinski definition) is 7. The quantitative estimate of drug-likeness (QED) is 0.186. The number of pyridine rings is 2. The van der Waals surface area contributed by atoms with Crippen LogP contribution in [0.5, 0.6) is 17.2 Å². The number of imidazole rings is 1. The van der Waals surface area contributed by atoms with Gasteiger partial charge in [-0.15, -0.1) is 0 Å².